The van der Waals surface area contributed by atoms with E-state index in [1.54, 1.807) is 0 Å². The Hall–Kier alpha value is -0.530. The third kappa shape index (κ3) is 0.732. The highest BCUT2D eigenvalue weighted by Gasteiger charge is 2.49. The van der Waals surface area contributed by atoms with Gasteiger partial charge in [-0.3, -0.25) is 4.79 Å². The van der Waals surface area contributed by atoms with Crippen LogP contribution in [0.4, 0.5) is 0 Å². The summed E-state index contributed by atoms with van der Waals surface area (Å²) < 4.78 is 0. The molecule has 0 radical (unpaired) electrons. The van der Waals surface area contributed by atoms with Crippen LogP contribution in [0.25, 0.3) is 0 Å². The first-order valence-corrected chi connectivity index (χ1v) is 5.14. The van der Waals surface area contributed by atoms with E-state index in [0.29, 0.717) is 17.7 Å². The summed E-state index contributed by atoms with van der Waals surface area (Å²) >= 11 is 0. The normalized spacial score (nSPS) is 50.5. The zero-order valence-electron chi connectivity index (χ0n) is 7.25. The molecule has 1 N–H and O–H groups in total. The van der Waals surface area contributed by atoms with E-state index in [1.807, 2.05) is 0 Å². The molecule has 2 bridgehead atoms. The van der Waals surface area contributed by atoms with Gasteiger partial charge in [0.05, 0.1) is 0 Å². The summed E-state index contributed by atoms with van der Waals surface area (Å²) in [5.41, 5.74) is 0. The minimum Gasteiger partial charge on any atom is -0.356 e. The second kappa shape index (κ2) is 2.24. The van der Waals surface area contributed by atoms with Gasteiger partial charge in [0.2, 0.25) is 5.91 Å². The van der Waals surface area contributed by atoms with Crippen LogP contribution in [0.3, 0.4) is 0 Å². The Kier molecular flexibility index (Phi) is 1.29. The van der Waals surface area contributed by atoms with Gasteiger partial charge in [-0.2, -0.15) is 0 Å². The predicted molar refractivity (Wildman–Crippen MR) is 45.4 cm³/mol. The summed E-state index contributed by atoms with van der Waals surface area (Å²) in [5, 5.41) is 3.02. The van der Waals surface area contributed by atoms with Gasteiger partial charge in [0, 0.05) is 12.5 Å². The van der Waals surface area contributed by atoms with E-state index in [9.17, 15) is 4.79 Å². The van der Waals surface area contributed by atoms with Crippen molar-refractivity contribution in [3.8, 4) is 0 Å². The van der Waals surface area contributed by atoms with E-state index < -0.39 is 0 Å². The SMILES string of the molecule is O=C1NCC2C3CCC(CC3)C12. The minimum atomic E-state index is 0.356. The maximum Gasteiger partial charge on any atom is 0.223 e. The summed E-state index contributed by atoms with van der Waals surface area (Å²) in [5.74, 6) is 3.10. The van der Waals surface area contributed by atoms with Crippen molar-refractivity contribution in [1.29, 1.82) is 0 Å². The maximum atomic E-state index is 11.5. The molecule has 2 heteroatoms. The molecule has 1 aliphatic heterocycles. The average Bonchev–Trinajstić information content (AvgIpc) is 2.53. The van der Waals surface area contributed by atoms with Gasteiger partial charge in [-0.15, -0.1) is 0 Å². The molecular formula is C10H15NO. The maximum absolute atomic E-state index is 11.5. The average molecular weight is 165 g/mol. The van der Waals surface area contributed by atoms with E-state index in [1.165, 1.54) is 25.7 Å². The van der Waals surface area contributed by atoms with Gasteiger partial charge in [-0.05, 0) is 43.4 Å². The Labute approximate surface area is 72.7 Å². The van der Waals surface area contributed by atoms with Gasteiger partial charge < -0.3 is 5.32 Å². The van der Waals surface area contributed by atoms with Gasteiger partial charge in [-0.1, -0.05) is 0 Å². The highest BCUT2D eigenvalue weighted by Crippen LogP contribution is 2.50. The number of nitrogens with one attached hydrogen (secondary N) is 1. The lowest BCUT2D eigenvalue weighted by molar-refractivity contribution is -0.127. The van der Waals surface area contributed by atoms with Crippen LogP contribution in [0, 0.1) is 23.7 Å². The molecule has 12 heavy (non-hydrogen) atoms. The zero-order chi connectivity index (χ0) is 8.13. The van der Waals surface area contributed by atoms with Crippen molar-refractivity contribution in [1.82, 2.24) is 5.32 Å². The van der Waals surface area contributed by atoms with E-state index in [0.717, 1.165) is 18.4 Å². The van der Waals surface area contributed by atoms with Crippen molar-refractivity contribution in [2.45, 2.75) is 25.7 Å². The molecule has 3 saturated carbocycles. The molecule has 2 unspecified atom stereocenters. The molecule has 4 rings (SSSR count). The number of carbonyl (C=O) groups excluding carboxylic acids is 1. The van der Waals surface area contributed by atoms with Crippen LogP contribution in [0.2, 0.25) is 0 Å². The molecular weight excluding hydrogens is 150 g/mol. The number of carbonyl (C=O) groups is 1. The second-order valence-electron chi connectivity index (χ2n) is 4.61. The molecule has 0 aromatic carbocycles. The van der Waals surface area contributed by atoms with Crippen LogP contribution in [0.5, 0.6) is 0 Å². The molecule has 1 heterocycles. The Morgan fingerprint density at radius 2 is 1.75 bits per heavy atom. The molecule has 1 saturated heterocycles. The summed E-state index contributed by atoms with van der Waals surface area (Å²) in [6, 6.07) is 0. The number of fused-ring (bicyclic) bond motifs is 2. The van der Waals surface area contributed by atoms with Crippen molar-refractivity contribution >= 4 is 5.91 Å². The fourth-order valence-corrected chi connectivity index (χ4v) is 3.61. The lowest BCUT2D eigenvalue weighted by atomic mass is 9.60. The summed E-state index contributed by atoms with van der Waals surface area (Å²) in [6.07, 6.45) is 5.42. The quantitative estimate of drug-likeness (QED) is 0.573. The second-order valence-corrected chi connectivity index (χ2v) is 4.61. The van der Waals surface area contributed by atoms with Crippen molar-refractivity contribution < 1.29 is 4.79 Å². The first kappa shape index (κ1) is 6.93. The van der Waals surface area contributed by atoms with Crippen molar-refractivity contribution in [2.75, 3.05) is 6.54 Å². The van der Waals surface area contributed by atoms with Crippen molar-refractivity contribution in [2.24, 2.45) is 23.7 Å². The monoisotopic (exact) mass is 165 g/mol. The first-order chi connectivity index (χ1) is 5.86. The van der Waals surface area contributed by atoms with E-state index in [4.69, 9.17) is 0 Å². The molecule has 4 fully saturated rings. The fourth-order valence-electron chi connectivity index (χ4n) is 3.61. The van der Waals surface area contributed by atoms with Crippen LogP contribution in [-0.4, -0.2) is 12.5 Å². The van der Waals surface area contributed by atoms with Crippen LogP contribution >= 0.6 is 0 Å². The molecule has 0 spiro atoms. The van der Waals surface area contributed by atoms with Crippen LogP contribution in [0.1, 0.15) is 25.7 Å². The number of hydrogen-bond acceptors (Lipinski definition) is 1. The third-order valence-corrected chi connectivity index (χ3v) is 4.21. The van der Waals surface area contributed by atoms with E-state index >= 15 is 0 Å². The van der Waals surface area contributed by atoms with Crippen molar-refractivity contribution in [3.05, 3.63) is 0 Å². The van der Waals surface area contributed by atoms with E-state index in [-0.39, 0.29) is 0 Å². The van der Waals surface area contributed by atoms with Gasteiger partial charge in [-0.25, -0.2) is 0 Å². The fraction of sp³-hybridized carbons (Fsp3) is 0.900. The topological polar surface area (TPSA) is 29.1 Å². The number of rotatable bonds is 0. The number of amides is 1. The summed E-state index contributed by atoms with van der Waals surface area (Å²) in [6.45, 7) is 0.977. The molecule has 3 aliphatic carbocycles. The van der Waals surface area contributed by atoms with Crippen LogP contribution in [0.15, 0.2) is 0 Å². The molecule has 0 aromatic heterocycles. The standard InChI is InChI=1S/C10H15NO/c12-10-9-7-3-1-6(2-4-7)8(9)5-11-10/h6-9H,1-5H2,(H,11,12). The number of hydrogen-bond donors (Lipinski definition) is 1. The van der Waals surface area contributed by atoms with Gasteiger partial charge in [0.15, 0.2) is 0 Å². The Morgan fingerprint density at radius 1 is 1.08 bits per heavy atom. The van der Waals surface area contributed by atoms with Crippen molar-refractivity contribution in [3.63, 3.8) is 0 Å². The highest BCUT2D eigenvalue weighted by atomic mass is 16.2. The zero-order valence-corrected chi connectivity index (χ0v) is 7.25. The van der Waals surface area contributed by atoms with Gasteiger partial charge in [0.25, 0.3) is 0 Å². The largest absolute Gasteiger partial charge is 0.356 e. The Balaban J connectivity index is 1.94. The smallest absolute Gasteiger partial charge is 0.223 e. The van der Waals surface area contributed by atoms with E-state index in [2.05, 4.69) is 5.32 Å². The van der Waals surface area contributed by atoms with Gasteiger partial charge >= 0.3 is 0 Å². The molecule has 2 atom stereocenters. The predicted octanol–water partition coefficient (Wildman–Crippen LogP) is 1.17. The molecule has 0 aromatic rings. The lowest BCUT2D eigenvalue weighted by Crippen LogP contribution is -2.40. The summed E-state index contributed by atoms with van der Waals surface area (Å²) in [4.78, 5) is 11.5. The van der Waals surface area contributed by atoms with Crippen LogP contribution in [-0.2, 0) is 4.79 Å². The minimum absolute atomic E-state index is 0.356. The molecule has 2 nitrogen and oxygen atoms in total. The van der Waals surface area contributed by atoms with Gasteiger partial charge in [0.1, 0.15) is 0 Å². The Bertz CT molecular complexity index is 218. The third-order valence-electron chi connectivity index (χ3n) is 4.21. The molecule has 1 amide bonds. The lowest BCUT2D eigenvalue weighted by Gasteiger charge is -2.43. The van der Waals surface area contributed by atoms with Crippen LogP contribution < -0.4 is 5.32 Å². The highest BCUT2D eigenvalue weighted by molar-refractivity contribution is 5.81. The Morgan fingerprint density at radius 3 is 2.42 bits per heavy atom. The molecule has 4 aliphatic rings. The molecule has 66 valence electrons. The first-order valence-electron chi connectivity index (χ1n) is 5.14. The summed E-state index contributed by atoms with van der Waals surface area (Å²) in [7, 11) is 0.